The van der Waals surface area contributed by atoms with Crippen LogP contribution < -0.4 is 10.9 Å². The first kappa shape index (κ1) is 18.0. The maximum Gasteiger partial charge on any atom is 0.416 e. The molecule has 1 N–H and O–H groups in total. The predicted molar refractivity (Wildman–Crippen MR) is 83.2 cm³/mol. The molecule has 0 saturated heterocycles. The number of amides is 1. The Kier molecular flexibility index (Phi) is 5.28. The number of aryl methyl sites for hydroxylation is 1. The van der Waals surface area contributed by atoms with Crippen molar-refractivity contribution >= 4 is 23.2 Å². The van der Waals surface area contributed by atoms with Gasteiger partial charge in [0, 0.05) is 12.6 Å². The molecule has 0 spiro atoms. The highest BCUT2D eigenvalue weighted by Crippen LogP contribution is 2.33. The van der Waals surface area contributed by atoms with Crippen LogP contribution in [-0.4, -0.2) is 15.7 Å². The van der Waals surface area contributed by atoms with Gasteiger partial charge in [0.15, 0.2) is 0 Å². The number of benzene rings is 1. The van der Waals surface area contributed by atoms with Gasteiger partial charge in [0.25, 0.3) is 11.5 Å². The fraction of sp³-hybridized carbons (Fsp3) is 0.267. The average Bonchev–Trinajstić information content (AvgIpc) is 2.50. The molecule has 1 heterocycles. The lowest BCUT2D eigenvalue weighted by Gasteiger charge is -2.12. The molecule has 0 radical (unpaired) electrons. The van der Waals surface area contributed by atoms with E-state index in [1.165, 1.54) is 12.1 Å². The van der Waals surface area contributed by atoms with E-state index in [0.717, 1.165) is 22.9 Å². The summed E-state index contributed by atoms with van der Waals surface area (Å²) >= 11 is 5.83. The largest absolute Gasteiger partial charge is 0.416 e. The van der Waals surface area contributed by atoms with Crippen molar-refractivity contribution < 1.29 is 18.0 Å². The van der Waals surface area contributed by atoms with Crippen LogP contribution in [0.25, 0.3) is 0 Å². The Morgan fingerprint density at radius 2 is 2.00 bits per heavy atom. The Morgan fingerprint density at radius 1 is 1.29 bits per heavy atom. The number of nitrogens with one attached hydrogen (secondary N) is 1. The first-order chi connectivity index (χ1) is 11.2. The molecule has 2 aromatic rings. The minimum Gasteiger partial charge on any atom is -0.319 e. The second-order valence-corrected chi connectivity index (χ2v) is 5.33. The Hall–Kier alpha value is -2.35. The summed E-state index contributed by atoms with van der Waals surface area (Å²) in [5.74, 6) is -0.763. The van der Waals surface area contributed by atoms with Crippen LogP contribution in [0.1, 0.15) is 29.4 Å². The summed E-state index contributed by atoms with van der Waals surface area (Å²) in [6, 6.07) is 4.97. The zero-order valence-electron chi connectivity index (χ0n) is 12.5. The van der Waals surface area contributed by atoms with Crippen LogP contribution >= 0.6 is 11.6 Å². The van der Waals surface area contributed by atoms with Gasteiger partial charge in [0.1, 0.15) is 5.69 Å². The number of rotatable bonds is 4. The lowest BCUT2D eigenvalue weighted by atomic mass is 10.2. The number of hydrogen-bond donors (Lipinski definition) is 1. The molecule has 9 heteroatoms. The van der Waals surface area contributed by atoms with E-state index in [1.54, 1.807) is 0 Å². The van der Waals surface area contributed by atoms with Gasteiger partial charge in [-0.1, -0.05) is 18.5 Å². The Labute approximate surface area is 140 Å². The molecule has 0 aliphatic rings. The van der Waals surface area contributed by atoms with Crippen LogP contribution in [0.4, 0.5) is 18.9 Å². The van der Waals surface area contributed by atoms with Crippen molar-refractivity contribution in [1.29, 1.82) is 0 Å². The monoisotopic (exact) mass is 359 g/mol. The van der Waals surface area contributed by atoms with E-state index in [4.69, 9.17) is 11.6 Å². The average molecular weight is 360 g/mol. The van der Waals surface area contributed by atoms with E-state index in [1.807, 2.05) is 6.92 Å². The standard InChI is InChI=1S/C15H13ClF3N3O2/c1-2-7-22-13(23)6-5-11(21-22)14(24)20-12-8-9(15(17,18)19)3-4-10(12)16/h3-6,8H,2,7H2,1H3,(H,20,24). The van der Waals surface area contributed by atoms with E-state index in [2.05, 4.69) is 10.4 Å². The third-order valence-corrected chi connectivity index (χ3v) is 3.41. The molecule has 0 saturated carbocycles. The second kappa shape index (κ2) is 7.04. The number of halogens is 4. The van der Waals surface area contributed by atoms with Crippen LogP contribution in [0, 0.1) is 0 Å². The molecule has 2 rings (SSSR count). The number of carbonyl (C=O) groups excluding carboxylic acids is 1. The molecule has 0 aliphatic heterocycles. The normalized spacial score (nSPS) is 11.4. The van der Waals surface area contributed by atoms with Gasteiger partial charge in [-0.05, 0) is 30.7 Å². The molecule has 1 amide bonds. The summed E-state index contributed by atoms with van der Waals surface area (Å²) in [4.78, 5) is 23.7. The fourth-order valence-electron chi connectivity index (χ4n) is 1.93. The highest BCUT2D eigenvalue weighted by Gasteiger charge is 2.31. The first-order valence-electron chi connectivity index (χ1n) is 6.98. The summed E-state index contributed by atoms with van der Waals surface area (Å²) in [7, 11) is 0. The van der Waals surface area contributed by atoms with Gasteiger partial charge >= 0.3 is 6.18 Å². The van der Waals surface area contributed by atoms with Gasteiger partial charge in [-0.2, -0.15) is 18.3 Å². The number of nitrogens with zero attached hydrogens (tertiary/aromatic N) is 2. The molecule has 0 unspecified atom stereocenters. The lowest BCUT2D eigenvalue weighted by Crippen LogP contribution is -2.26. The second-order valence-electron chi connectivity index (χ2n) is 4.93. The SMILES string of the molecule is CCCn1nc(C(=O)Nc2cc(C(F)(F)F)ccc2Cl)ccc1=O. The number of hydrogen-bond acceptors (Lipinski definition) is 3. The highest BCUT2D eigenvalue weighted by atomic mass is 35.5. The van der Waals surface area contributed by atoms with Gasteiger partial charge in [0.05, 0.1) is 16.3 Å². The van der Waals surface area contributed by atoms with Gasteiger partial charge in [0.2, 0.25) is 0 Å². The Morgan fingerprint density at radius 3 is 2.62 bits per heavy atom. The van der Waals surface area contributed by atoms with Crippen LogP contribution in [0.2, 0.25) is 5.02 Å². The Balaban J connectivity index is 2.30. The van der Waals surface area contributed by atoms with E-state index in [-0.39, 0.29) is 22.0 Å². The molecule has 5 nitrogen and oxygen atoms in total. The fourth-order valence-corrected chi connectivity index (χ4v) is 2.09. The van der Waals surface area contributed by atoms with Crippen LogP contribution in [0.15, 0.2) is 35.1 Å². The summed E-state index contributed by atoms with van der Waals surface area (Å²) in [6.45, 7) is 2.16. The number of carbonyl (C=O) groups is 1. The maximum atomic E-state index is 12.7. The van der Waals surface area contributed by atoms with Crippen molar-refractivity contribution in [3.63, 3.8) is 0 Å². The van der Waals surface area contributed by atoms with E-state index in [0.29, 0.717) is 13.0 Å². The number of anilines is 1. The van der Waals surface area contributed by atoms with E-state index in [9.17, 15) is 22.8 Å². The van der Waals surface area contributed by atoms with Crippen molar-refractivity contribution in [2.75, 3.05) is 5.32 Å². The third-order valence-electron chi connectivity index (χ3n) is 3.08. The molecule has 1 aromatic carbocycles. The molecular weight excluding hydrogens is 347 g/mol. The van der Waals surface area contributed by atoms with Crippen LogP contribution in [0.3, 0.4) is 0 Å². The maximum absolute atomic E-state index is 12.7. The topological polar surface area (TPSA) is 64.0 Å². The van der Waals surface area contributed by atoms with Crippen LogP contribution in [-0.2, 0) is 12.7 Å². The molecular formula is C15H13ClF3N3O2. The third kappa shape index (κ3) is 4.14. The van der Waals surface area contributed by atoms with Crippen molar-refractivity contribution in [3.05, 3.63) is 57.0 Å². The first-order valence-corrected chi connectivity index (χ1v) is 7.36. The van der Waals surface area contributed by atoms with Crippen molar-refractivity contribution in [1.82, 2.24) is 9.78 Å². The zero-order valence-corrected chi connectivity index (χ0v) is 13.3. The van der Waals surface area contributed by atoms with Crippen molar-refractivity contribution in [3.8, 4) is 0 Å². The van der Waals surface area contributed by atoms with Crippen molar-refractivity contribution in [2.24, 2.45) is 0 Å². The minimum absolute atomic E-state index is 0.0433. The summed E-state index contributed by atoms with van der Waals surface area (Å²) < 4.78 is 39.3. The van der Waals surface area contributed by atoms with Gasteiger partial charge in [-0.3, -0.25) is 9.59 Å². The molecule has 0 atom stereocenters. The van der Waals surface area contributed by atoms with Crippen molar-refractivity contribution in [2.45, 2.75) is 26.1 Å². The summed E-state index contributed by atoms with van der Waals surface area (Å²) in [6.07, 6.45) is -3.92. The van der Waals surface area contributed by atoms with Gasteiger partial charge < -0.3 is 5.32 Å². The smallest absolute Gasteiger partial charge is 0.319 e. The molecule has 0 bridgehead atoms. The van der Waals surface area contributed by atoms with E-state index < -0.39 is 17.6 Å². The number of aromatic nitrogens is 2. The highest BCUT2D eigenvalue weighted by molar-refractivity contribution is 6.33. The summed E-state index contributed by atoms with van der Waals surface area (Å²) in [5, 5.41) is 6.12. The Bertz CT molecular complexity index is 818. The molecule has 1 aromatic heterocycles. The molecule has 24 heavy (non-hydrogen) atoms. The quantitative estimate of drug-likeness (QED) is 0.907. The minimum atomic E-state index is -4.56. The predicted octanol–water partition coefficient (Wildman–Crippen LogP) is 3.58. The molecule has 0 fully saturated rings. The zero-order chi connectivity index (χ0) is 17.9. The van der Waals surface area contributed by atoms with Crippen LogP contribution in [0.5, 0.6) is 0 Å². The van der Waals surface area contributed by atoms with Gasteiger partial charge in [-0.15, -0.1) is 0 Å². The number of alkyl halides is 3. The van der Waals surface area contributed by atoms with Gasteiger partial charge in [-0.25, -0.2) is 4.68 Å². The molecule has 0 aliphatic carbocycles. The summed E-state index contributed by atoms with van der Waals surface area (Å²) in [5.41, 5.74) is -1.60. The lowest BCUT2D eigenvalue weighted by molar-refractivity contribution is -0.137. The van der Waals surface area contributed by atoms with E-state index >= 15 is 0 Å². The molecule has 128 valence electrons.